The number of hydrogen-bond donors (Lipinski definition) is 2. The van der Waals surface area contributed by atoms with E-state index in [4.69, 9.17) is 11.5 Å². The third kappa shape index (κ3) is 1.65. The fraction of sp³-hybridized carbons (Fsp3) is 0.750. The van der Waals surface area contributed by atoms with Crippen molar-refractivity contribution >= 4 is 11.7 Å². The molecule has 0 spiro atoms. The molecule has 2 fully saturated rings. The monoisotopic (exact) mass is 181 g/mol. The van der Waals surface area contributed by atoms with Crippen molar-refractivity contribution in [3.8, 4) is 0 Å². The second-order valence-corrected chi connectivity index (χ2v) is 3.56. The van der Waals surface area contributed by atoms with E-state index in [2.05, 4.69) is 15.1 Å². The van der Waals surface area contributed by atoms with Crippen molar-refractivity contribution in [2.45, 2.75) is 25.3 Å². The Bertz CT molecular complexity index is 253. The van der Waals surface area contributed by atoms with Gasteiger partial charge in [0.05, 0.1) is 11.8 Å². The minimum atomic E-state index is 0.0453. The van der Waals surface area contributed by atoms with E-state index in [1.165, 1.54) is 19.4 Å². The van der Waals surface area contributed by atoms with Gasteiger partial charge in [0.15, 0.2) is 0 Å². The topological polar surface area (TPSA) is 80.0 Å². The Balaban J connectivity index is 2.08. The van der Waals surface area contributed by atoms with E-state index < -0.39 is 0 Å². The predicted octanol–water partition coefficient (Wildman–Crippen LogP) is -0.516. The van der Waals surface area contributed by atoms with Crippen LogP contribution in [0.4, 0.5) is 0 Å². The number of guanidine groups is 1. The van der Waals surface area contributed by atoms with E-state index in [0.717, 1.165) is 18.7 Å². The summed E-state index contributed by atoms with van der Waals surface area (Å²) in [7, 11) is 0. The Morgan fingerprint density at radius 2 is 2.23 bits per heavy atom. The van der Waals surface area contributed by atoms with Gasteiger partial charge in [0.1, 0.15) is 0 Å². The highest BCUT2D eigenvalue weighted by Gasteiger charge is 2.34. The van der Waals surface area contributed by atoms with E-state index in [1.54, 1.807) is 0 Å². The lowest BCUT2D eigenvalue weighted by Gasteiger charge is -2.12. The molecule has 0 bridgehead atoms. The van der Waals surface area contributed by atoms with Crippen molar-refractivity contribution in [2.75, 3.05) is 13.1 Å². The molecular formula is C8H15N5. The highest BCUT2D eigenvalue weighted by atomic mass is 15.3. The molecule has 2 rings (SSSR count). The van der Waals surface area contributed by atoms with Crippen LogP contribution in [0.3, 0.4) is 0 Å². The fourth-order valence-electron chi connectivity index (χ4n) is 2.13. The molecule has 0 aromatic rings. The van der Waals surface area contributed by atoms with Crippen molar-refractivity contribution in [1.82, 2.24) is 4.90 Å². The van der Waals surface area contributed by atoms with Gasteiger partial charge in [-0.25, -0.2) is 0 Å². The van der Waals surface area contributed by atoms with Crippen LogP contribution in [0.2, 0.25) is 0 Å². The van der Waals surface area contributed by atoms with E-state index in [-0.39, 0.29) is 5.96 Å². The average molecular weight is 181 g/mol. The quantitative estimate of drug-likeness (QED) is 0.324. The van der Waals surface area contributed by atoms with Crippen LogP contribution in [0, 0.1) is 0 Å². The lowest BCUT2D eigenvalue weighted by Crippen LogP contribution is -2.26. The van der Waals surface area contributed by atoms with Gasteiger partial charge in [-0.1, -0.05) is 0 Å². The van der Waals surface area contributed by atoms with Crippen LogP contribution < -0.4 is 11.5 Å². The maximum Gasteiger partial charge on any atom is 0.211 e. The van der Waals surface area contributed by atoms with E-state index >= 15 is 0 Å². The van der Waals surface area contributed by atoms with Crippen LogP contribution in [0.25, 0.3) is 0 Å². The standard InChI is InChI=1S/C8H15N5/c9-8(10)12-11-6-3-5-13-4-1-2-7(6)13/h7H,1-5H2,(H4,9,10,12)/b11-6-. The summed E-state index contributed by atoms with van der Waals surface area (Å²) in [5, 5.41) is 7.78. The summed E-state index contributed by atoms with van der Waals surface area (Å²) in [6.45, 7) is 2.31. The third-order valence-corrected chi connectivity index (χ3v) is 2.70. The smallest absolute Gasteiger partial charge is 0.211 e. The van der Waals surface area contributed by atoms with E-state index in [9.17, 15) is 0 Å². The minimum Gasteiger partial charge on any atom is -0.369 e. The summed E-state index contributed by atoms with van der Waals surface area (Å²) in [6, 6.07) is 0.517. The number of rotatable bonds is 1. The number of hydrogen-bond acceptors (Lipinski definition) is 3. The first-order valence-corrected chi connectivity index (χ1v) is 4.67. The Morgan fingerprint density at radius 3 is 3.00 bits per heavy atom. The molecular weight excluding hydrogens is 166 g/mol. The molecule has 72 valence electrons. The highest BCUT2D eigenvalue weighted by molar-refractivity contribution is 5.92. The van der Waals surface area contributed by atoms with Crippen LogP contribution in [0.5, 0.6) is 0 Å². The Kier molecular flexibility index (Phi) is 2.18. The molecule has 0 saturated carbocycles. The van der Waals surface area contributed by atoms with Crippen molar-refractivity contribution in [3.05, 3.63) is 0 Å². The largest absolute Gasteiger partial charge is 0.369 e. The van der Waals surface area contributed by atoms with Gasteiger partial charge in [-0.15, -0.1) is 5.10 Å². The van der Waals surface area contributed by atoms with Crippen molar-refractivity contribution in [3.63, 3.8) is 0 Å². The molecule has 2 aliphatic heterocycles. The van der Waals surface area contributed by atoms with Gasteiger partial charge in [0, 0.05) is 13.0 Å². The molecule has 0 radical (unpaired) electrons. The van der Waals surface area contributed by atoms with Gasteiger partial charge in [0.2, 0.25) is 5.96 Å². The van der Waals surface area contributed by atoms with Crippen LogP contribution in [-0.2, 0) is 0 Å². The van der Waals surface area contributed by atoms with Crippen LogP contribution >= 0.6 is 0 Å². The van der Waals surface area contributed by atoms with Crippen LogP contribution in [0.15, 0.2) is 10.2 Å². The van der Waals surface area contributed by atoms with Crippen LogP contribution in [-0.4, -0.2) is 35.7 Å². The molecule has 0 aromatic carbocycles. The van der Waals surface area contributed by atoms with E-state index in [1.807, 2.05) is 0 Å². The summed E-state index contributed by atoms with van der Waals surface area (Å²) >= 11 is 0. The zero-order valence-corrected chi connectivity index (χ0v) is 7.61. The van der Waals surface area contributed by atoms with Crippen molar-refractivity contribution < 1.29 is 0 Å². The molecule has 2 heterocycles. The molecule has 5 heteroatoms. The summed E-state index contributed by atoms with van der Waals surface area (Å²) in [5.74, 6) is 0.0453. The predicted molar refractivity (Wildman–Crippen MR) is 52.5 cm³/mol. The van der Waals surface area contributed by atoms with Gasteiger partial charge >= 0.3 is 0 Å². The van der Waals surface area contributed by atoms with Gasteiger partial charge in [-0.05, 0) is 19.4 Å². The Hall–Kier alpha value is -1.10. The maximum absolute atomic E-state index is 5.21. The molecule has 13 heavy (non-hydrogen) atoms. The SMILES string of the molecule is NC(N)=N/N=C1/CCN2CCCC12. The van der Waals surface area contributed by atoms with Crippen molar-refractivity contribution in [2.24, 2.45) is 21.7 Å². The molecule has 5 nitrogen and oxygen atoms in total. The lowest BCUT2D eigenvalue weighted by molar-refractivity contribution is 0.346. The first-order chi connectivity index (χ1) is 6.27. The summed E-state index contributed by atoms with van der Waals surface area (Å²) < 4.78 is 0. The van der Waals surface area contributed by atoms with E-state index in [0.29, 0.717) is 6.04 Å². The highest BCUT2D eigenvalue weighted by Crippen LogP contribution is 2.25. The number of fused-ring (bicyclic) bond motifs is 1. The third-order valence-electron chi connectivity index (χ3n) is 2.70. The van der Waals surface area contributed by atoms with Crippen molar-refractivity contribution in [1.29, 1.82) is 0 Å². The second kappa shape index (κ2) is 3.33. The molecule has 0 amide bonds. The van der Waals surface area contributed by atoms with Gasteiger partial charge in [-0.3, -0.25) is 4.90 Å². The normalized spacial score (nSPS) is 30.8. The van der Waals surface area contributed by atoms with Gasteiger partial charge in [0.25, 0.3) is 0 Å². The lowest BCUT2D eigenvalue weighted by atomic mass is 10.1. The summed E-state index contributed by atoms with van der Waals surface area (Å²) in [6.07, 6.45) is 3.49. The summed E-state index contributed by atoms with van der Waals surface area (Å²) in [5.41, 5.74) is 11.6. The zero-order valence-electron chi connectivity index (χ0n) is 7.61. The Labute approximate surface area is 77.5 Å². The minimum absolute atomic E-state index is 0.0453. The fourth-order valence-corrected chi connectivity index (χ4v) is 2.13. The maximum atomic E-state index is 5.21. The zero-order chi connectivity index (χ0) is 9.26. The first-order valence-electron chi connectivity index (χ1n) is 4.67. The Morgan fingerprint density at radius 1 is 1.38 bits per heavy atom. The molecule has 2 saturated heterocycles. The second-order valence-electron chi connectivity index (χ2n) is 3.56. The average Bonchev–Trinajstić information content (AvgIpc) is 2.60. The van der Waals surface area contributed by atoms with Gasteiger partial charge < -0.3 is 11.5 Å². The first kappa shape index (κ1) is 8.50. The summed E-state index contributed by atoms with van der Waals surface area (Å²) in [4.78, 5) is 2.45. The molecule has 1 unspecified atom stereocenters. The van der Waals surface area contributed by atoms with Gasteiger partial charge in [-0.2, -0.15) is 5.10 Å². The molecule has 0 aromatic heterocycles. The number of nitrogens with two attached hydrogens (primary N) is 2. The number of nitrogens with zero attached hydrogens (tertiary/aromatic N) is 3. The van der Waals surface area contributed by atoms with Crippen LogP contribution in [0.1, 0.15) is 19.3 Å². The molecule has 0 aliphatic carbocycles. The molecule has 1 atom stereocenters. The molecule has 2 aliphatic rings. The molecule has 4 N–H and O–H groups in total.